The molecule has 1 aromatic carbocycles. The number of aliphatic hydroxyl groups excluding tert-OH is 1. The number of anilines is 1. The molecule has 3 fully saturated rings. The average molecular weight is 564 g/mol. The van der Waals surface area contributed by atoms with E-state index in [-0.39, 0.29) is 55.3 Å². The number of likely N-dealkylation sites (tertiary alicyclic amines) is 1. The molecule has 216 valence electrons. The van der Waals surface area contributed by atoms with Crippen LogP contribution in [0, 0.1) is 17.8 Å². The van der Waals surface area contributed by atoms with Crippen LogP contribution in [0.3, 0.4) is 0 Å². The van der Waals surface area contributed by atoms with Crippen molar-refractivity contribution in [3.05, 3.63) is 52.1 Å². The Hall–Kier alpha value is -3.49. The van der Waals surface area contributed by atoms with Crippen LogP contribution < -0.4 is 16.7 Å². The first-order valence-corrected chi connectivity index (χ1v) is 13.2. The van der Waals surface area contributed by atoms with E-state index in [0.29, 0.717) is 38.0 Å². The largest absolute Gasteiger partial charge is 0.416 e. The van der Waals surface area contributed by atoms with Crippen LogP contribution in [0.1, 0.15) is 18.1 Å². The molecule has 3 unspecified atom stereocenters. The molecule has 40 heavy (non-hydrogen) atoms. The van der Waals surface area contributed by atoms with Gasteiger partial charge >= 0.3 is 17.9 Å². The number of fused-ring (bicyclic) bond motifs is 1. The predicted octanol–water partition coefficient (Wildman–Crippen LogP) is 0.945. The fourth-order valence-electron chi connectivity index (χ4n) is 5.52. The van der Waals surface area contributed by atoms with Gasteiger partial charge in [0, 0.05) is 58.1 Å². The Kier molecular flexibility index (Phi) is 7.59. The van der Waals surface area contributed by atoms with Crippen molar-refractivity contribution in [3.63, 3.8) is 0 Å². The summed E-state index contributed by atoms with van der Waals surface area (Å²) in [5.74, 6) is -0.0445. The van der Waals surface area contributed by atoms with Gasteiger partial charge in [-0.15, -0.1) is 0 Å². The number of nitrogens with one attached hydrogen (secondary N) is 1. The lowest BCUT2D eigenvalue weighted by Gasteiger charge is -2.35. The van der Waals surface area contributed by atoms with Gasteiger partial charge in [0.05, 0.1) is 23.8 Å². The number of hydrogen-bond acceptors (Lipinski definition) is 7. The minimum atomic E-state index is -4.61. The standard InChI is InChI=1S/C26H32F3N7O4/c1-15(14-37)23(38)34-6-8-35(9-7-34)24(39)31-21-4-5-36(25(40)32-21)17-3-2-16(20(10-17)26(27,28)29)11-33-12-18-19(13-33)22(18)30/h2-5,10,15,18-19,22,37H,6-9,11-14,30H2,1H3,(H,31,32,39,40). The predicted molar refractivity (Wildman–Crippen MR) is 138 cm³/mol. The molecule has 1 saturated carbocycles. The third-order valence-corrected chi connectivity index (χ3v) is 8.02. The van der Waals surface area contributed by atoms with E-state index >= 15 is 0 Å². The van der Waals surface area contributed by atoms with Gasteiger partial charge in [0.25, 0.3) is 0 Å². The third kappa shape index (κ3) is 5.69. The highest BCUT2D eigenvalue weighted by molar-refractivity contribution is 5.88. The van der Waals surface area contributed by atoms with Gasteiger partial charge in [-0.05, 0) is 35.6 Å². The number of carbonyl (C=O) groups is 2. The van der Waals surface area contributed by atoms with Crippen molar-refractivity contribution in [2.24, 2.45) is 23.5 Å². The smallest absolute Gasteiger partial charge is 0.396 e. The highest BCUT2D eigenvalue weighted by atomic mass is 19.4. The molecule has 2 aliphatic heterocycles. The normalized spacial score (nSPS) is 23.6. The maximum atomic E-state index is 13.9. The summed E-state index contributed by atoms with van der Waals surface area (Å²) in [6.07, 6.45) is -3.34. The van der Waals surface area contributed by atoms with E-state index in [1.165, 1.54) is 29.3 Å². The maximum absolute atomic E-state index is 13.9. The lowest BCUT2D eigenvalue weighted by Crippen LogP contribution is -2.53. The van der Waals surface area contributed by atoms with Crippen molar-refractivity contribution in [3.8, 4) is 5.69 Å². The Morgan fingerprint density at radius 3 is 2.38 bits per heavy atom. The number of halogens is 3. The molecule has 14 heteroatoms. The maximum Gasteiger partial charge on any atom is 0.416 e. The van der Waals surface area contributed by atoms with Gasteiger partial charge in [-0.1, -0.05) is 13.0 Å². The van der Waals surface area contributed by atoms with Crippen LogP contribution in [0.4, 0.5) is 23.8 Å². The Morgan fingerprint density at radius 1 is 1.12 bits per heavy atom. The summed E-state index contributed by atoms with van der Waals surface area (Å²) in [5.41, 5.74) is 4.41. The molecule has 2 saturated heterocycles. The van der Waals surface area contributed by atoms with Crippen LogP contribution in [0.2, 0.25) is 0 Å². The Labute approximate surface area is 228 Å². The second-order valence-electron chi connectivity index (χ2n) is 10.7. The number of benzene rings is 1. The summed E-state index contributed by atoms with van der Waals surface area (Å²) in [7, 11) is 0. The van der Waals surface area contributed by atoms with E-state index in [2.05, 4.69) is 10.3 Å². The van der Waals surface area contributed by atoms with E-state index in [1.807, 2.05) is 4.90 Å². The molecule has 3 heterocycles. The summed E-state index contributed by atoms with van der Waals surface area (Å²) in [6.45, 7) is 3.99. The van der Waals surface area contributed by atoms with Crippen LogP contribution in [0.5, 0.6) is 0 Å². The summed E-state index contributed by atoms with van der Waals surface area (Å²) >= 11 is 0. The molecule has 2 aromatic rings. The van der Waals surface area contributed by atoms with E-state index < -0.39 is 29.4 Å². The summed E-state index contributed by atoms with van der Waals surface area (Å²) < 4.78 is 42.8. The number of nitrogens with two attached hydrogens (primary N) is 1. The molecule has 0 bridgehead atoms. The summed E-state index contributed by atoms with van der Waals surface area (Å²) in [5, 5.41) is 11.7. The fourth-order valence-corrected chi connectivity index (χ4v) is 5.52. The van der Waals surface area contributed by atoms with E-state index in [4.69, 9.17) is 5.73 Å². The summed E-state index contributed by atoms with van der Waals surface area (Å²) in [4.78, 5) is 46.4. The van der Waals surface area contributed by atoms with Gasteiger partial charge in [-0.3, -0.25) is 19.6 Å². The van der Waals surface area contributed by atoms with Gasteiger partial charge in [-0.2, -0.15) is 18.2 Å². The number of aromatic nitrogens is 2. The van der Waals surface area contributed by atoms with Crippen LogP contribution >= 0.6 is 0 Å². The highest BCUT2D eigenvalue weighted by Gasteiger charge is 2.53. The van der Waals surface area contributed by atoms with Gasteiger partial charge in [-0.25, -0.2) is 9.59 Å². The van der Waals surface area contributed by atoms with E-state index in [0.717, 1.165) is 10.6 Å². The zero-order chi connectivity index (χ0) is 28.8. The van der Waals surface area contributed by atoms with E-state index in [9.17, 15) is 32.7 Å². The Balaban J connectivity index is 1.24. The minimum absolute atomic E-state index is 0.00985. The molecule has 3 aliphatic rings. The fraction of sp³-hybridized carbons (Fsp3) is 0.538. The number of piperazine rings is 1. The molecular formula is C26H32F3N7O4. The average Bonchev–Trinajstić information content (AvgIpc) is 3.30. The van der Waals surface area contributed by atoms with Crippen molar-refractivity contribution in [2.75, 3.05) is 51.2 Å². The number of hydrogen-bond donors (Lipinski definition) is 3. The first kappa shape index (κ1) is 28.1. The van der Waals surface area contributed by atoms with Crippen molar-refractivity contribution < 1.29 is 27.9 Å². The first-order chi connectivity index (χ1) is 19.0. The molecule has 0 radical (unpaired) electrons. The number of carbonyl (C=O) groups excluding carboxylic acids is 2. The molecular weight excluding hydrogens is 531 g/mol. The van der Waals surface area contributed by atoms with E-state index in [1.54, 1.807) is 11.8 Å². The molecule has 1 aromatic heterocycles. The quantitative estimate of drug-likeness (QED) is 0.476. The number of urea groups is 1. The molecule has 5 rings (SSSR count). The molecule has 3 amide bonds. The van der Waals surface area contributed by atoms with Crippen molar-refractivity contribution >= 4 is 17.8 Å². The minimum Gasteiger partial charge on any atom is -0.396 e. The second-order valence-corrected chi connectivity index (χ2v) is 10.7. The van der Waals surface area contributed by atoms with Crippen LogP contribution in [0.15, 0.2) is 35.3 Å². The SMILES string of the molecule is CC(CO)C(=O)N1CCN(C(=O)Nc2ccn(-c3ccc(CN4CC5C(N)C5C4)c(C(F)(F)F)c3)c(=O)n2)CC1. The number of amides is 3. The van der Waals surface area contributed by atoms with Gasteiger partial charge in [0.15, 0.2) is 0 Å². The number of rotatable bonds is 6. The number of nitrogens with zero attached hydrogens (tertiary/aromatic N) is 5. The van der Waals surface area contributed by atoms with Gasteiger partial charge < -0.3 is 20.6 Å². The van der Waals surface area contributed by atoms with Crippen LogP contribution in [-0.4, -0.2) is 93.2 Å². The number of alkyl halides is 3. The molecule has 0 spiro atoms. The first-order valence-electron chi connectivity index (χ1n) is 13.2. The topological polar surface area (TPSA) is 137 Å². The number of piperidine rings is 1. The van der Waals surface area contributed by atoms with Gasteiger partial charge in [0.2, 0.25) is 5.91 Å². The zero-order valence-electron chi connectivity index (χ0n) is 22.0. The zero-order valence-corrected chi connectivity index (χ0v) is 22.0. The molecule has 1 aliphatic carbocycles. The van der Waals surface area contributed by atoms with Gasteiger partial charge in [0.1, 0.15) is 5.82 Å². The van der Waals surface area contributed by atoms with Crippen molar-refractivity contribution in [1.82, 2.24) is 24.3 Å². The molecule has 11 nitrogen and oxygen atoms in total. The van der Waals surface area contributed by atoms with Crippen LogP contribution in [0.25, 0.3) is 5.69 Å². The third-order valence-electron chi connectivity index (χ3n) is 8.02. The lowest BCUT2D eigenvalue weighted by atomic mass is 10.0. The highest BCUT2D eigenvalue weighted by Crippen LogP contribution is 2.44. The molecule has 3 atom stereocenters. The Bertz CT molecular complexity index is 1330. The van der Waals surface area contributed by atoms with Crippen molar-refractivity contribution in [2.45, 2.75) is 25.7 Å². The van der Waals surface area contributed by atoms with Crippen LogP contribution in [-0.2, 0) is 17.5 Å². The molecule has 4 N–H and O–H groups in total. The summed E-state index contributed by atoms with van der Waals surface area (Å²) in [6, 6.07) is 4.75. The number of aliphatic hydroxyl groups is 1. The monoisotopic (exact) mass is 563 g/mol. The second kappa shape index (κ2) is 10.8. The van der Waals surface area contributed by atoms with Crippen molar-refractivity contribution in [1.29, 1.82) is 0 Å². The lowest BCUT2D eigenvalue weighted by molar-refractivity contribution is -0.138. The Morgan fingerprint density at radius 2 is 1.77 bits per heavy atom.